The molecular formula is C18H16N4O2. The van der Waals surface area contributed by atoms with Crippen LogP contribution in [0.4, 0.5) is 0 Å². The molecule has 6 nitrogen and oxygen atoms in total. The molecular weight excluding hydrogens is 304 g/mol. The van der Waals surface area contributed by atoms with E-state index in [-0.39, 0.29) is 5.82 Å². The molecule has 0 spiro atoms. The van der Waals surface area contributed by atoms with E-state index in [4.69, 9.17) is 0 Å². The van der Waals surface area contributed by atoms with Crippen LogP contribution in [-0.4, -0.2) is 31.9 Å². The van der Waals surface area contributed by atoms with Crippen molar-refractivity contribution in [2.45, 2.75) is 18.6 Å². The third-order valence-electron chi connectivity index (χ3n) is 4.21. The zero-order valence-electron chi connectivity index (χ0n) is 12.8. The van der Waals surface area contributed by atoms with Gasteiger partial charge in [0.2, 0.25) is 5.82 Å². The standard InChI is InChI=1S/C18H16N4O2/c23-15-10-12-6-4-5-9-14(12)16(15)20-18(24)17-19-11-22(21-17)13-7-2-1-3-8-13/h1-9,11,15-16,23H,10H2,(H,20,24)/t15-,16+/m0/s1. The maximum atomic E-state index is 12.4. The Labute approximate surface area is 138 Å². The quantitative estimate of drug-likeness (QED) is 0.769. The monoisotopic (exact) mass is 320 g/mol. The van der Waals surface area contributed by atoms with E-state index >= 15 is 0 Å². The van der Waals surface area contributed by atoms with Gasteiger partial charge in [0.1, 0.15) is 6.33 Å². The number of fused-ring (bicyclic) bond motifs is 1. The number of nitrogens with one attached hydrogen (secondary N) is 1. The molecule has 4 rings (SSSR count). The van der Waals surface area contributed by atoms with Crippen LogP contribution >= 0.6 is 0 Å². The molecule has 0 unspecified atom stereocenters. The third kappa shape index (κ3) is 2.57. The fourth-order valence-electron chi connectivity index (χ4n) is 3.03. The SMILES string of the molecule is O=C(N[C@@H]1c2ccccc2C[C@@H]1O)c1ncn(-c2ccccc2)n1. The second kappa shape index (κ2) is 5.90. The van der Waals surface area contributed by atoms with Gasteiger partial charge in [-0.25, -0.2) is 9.67 Å². The Morgan fingerprint density at radius 3 is 2.71 bits per heavy atom. The lowest BCUT2D eigenvalue weighted by Gasteiger charge is -2.16. The van der Waals surface area contributed by atoms with Crippen molar-refractivity contribution in [2.24, 2.45) is 0 Å². The molecule has 120 valence electrons. The topological polar surface area (TPSA) is 80.0 Å². The van der Waals surface area contributed by atoms with Gasteiger partial charge in [-0.15, -0.1) is 5.10 Å². The van der Waals surface area contributed by atoms with Crippen molar-refractivity contribution in [3.63, 3.8) is 0 Å². The van der Waals surface area contributed by atoms with Gasteiger partial charge in [-0.1, -0.05) is 42.5 Å². The summed E-state index contributed by atoms with van der Waals surface area (Å²) in [7, 11) is 0. The lowest BCUT2D eigenvalue weighted by molar-refractivity contribution is 0.0848. The van der Waals surface area contributed by atoms with Crippen molar-refractivity contribution in [3.05, 3.63) is 77.9 Å². The number of aromatic nitrogens is 3. The Hall–Kier alpha value is -2.99. The molecule has 1 amide bonds. The molecule has 0 saturated heterocycles. The van der Waals surface area contributed by atoms with Gasteiger partial charge in [-0.3, -0.25) is 4.79 Å². The minimum Gasteiger partial charge on any atom is -0.390 e. The molecule has 1 aliphatic carbocycles. The smallest absolute Gasteiger partial charge is 0.291 e. The number of amides is 1. The summed E-state index contributed by atoms with van der Waals surface area (Å²) in [5.74, 6) is -0.319. The number of carbonyl (C=O) groups is 1. The van der Waals surface area contributed by atoms with E-state index in [0.29, 0.717) is 6.42 Å². The van der Waals surface area contributed by atoms with Gasteiger partial charge in [0.25, 0.3) is 5.91 Å². The number of aliphatic hydroxyl groups excluding tert-OH is 1. The van der Waals surface area contributed by atoms with Gasteiger partial charge >= 0.3 is 0 Å². The van der Waals surface area contributed by atoms with Crippen molar-refractivity contribution in [3.8, 4) is 5.69 Å². The van der Waals surface area contributed by atoms with E-state index in [2.05, 4.69) is 15.4 Å². The second-order valence-electron chi connectivity index (χ2n) is 5.77. The Kier molecular flexibility index (Phi) is 3.59. The minimum atomic E-state index is -0.637. The van der Waals surface area contributed by atoms with Gasteiger partial charge in [0.05, 0.1) is 17.8 Å². The Morgan fingerprint density at radius 1 is 1.12 bits per heavy atom. The van der Waals surface area contributed by atoms with Gasteiger partial charge in [0, 0.05) is 6.42 Å². The zero-order chi connectivity index (χ0) is 16.5. The van der Waals surface area contributed by atoms with E-state index in [1.54, 1.807) is 4.68 Å². The van der Waals surface area contributed by atoms with Crippen molar-refractivity contribution >= 4 is 5.91 Å². The number of aliphatic hydroxyl groups is 1. The fourth-order valence-corrected chi connectivity index (χ4v) is 3.03. The van der Waals surface area contributed by atoms with Crippen LogP contribution in [0.2, 0.25) is 0 Å². The summed E-state index contributed by atoms with van der Waals surface area (Å²) in [4.78, 5) is 16.5. The molecule has 2 atom stereocenters. The van der Waals surface area contributed by atoms with E-state index in [1.807, 2.05) is 54.6 Å². The number of hydrogen-bond acceptors (Lipinski definition) is 4. The van der Waals surface area contributed by atoms with E-state index in [1.165, 1.54) is 6.33 Å². The number of hydrogen-bond donors (Lipinski definition) is 2. The summed E-state index contributed by atoms with van der Waals surface area (Å²) in [6, 6.07) is 16.7. The highest BCUT2D eigenvalue weighted by molar-refractivity contribution is 5.90. The number of rotatable bonds is 3. The number of para-hydroxylation sites is 1. The van der Waals surface area contributed by atoms with Crippen LogP contribution in [0.3, 0.4) is 0 Å². The summed E-state index contributed by atoms with van der Waals surface area (Å²) in [5.41, 5.74) is 2.83. The van der Waals surface area contributed by atoms with Crippen molar-refractivity contribution in [1.29, 1.82) is 0 Å². The molecule has 1 heterocycles. The Morgan fingerprint density at radius 2 is 1.88 bits per heavy atom. The first kappa shape index (κ1) is 14.6. The lowest BCUT2D eigenvalue weighted by Crippen LogP contribution is -2.34. The predicted molar refractivity (Wildman–Crippen MR) is 87.7 cm³/mol. The first-order valence-electron chi connectivity index (χ1n) is 7.76. The predicted octanol–water partition coefficient (Wildman–Crippen LogP) is 1.66. The summed E-state index contributed by atoms with van der Waals surface area (Å²) in [6.07, 6.45) is 1.40. The zero-order valence-corrected chi connectivity index (χ0v) is 12.8. The molecule has 24 heavy (non-hydrogen) atoms. The van der Waals surface area contributed by atoms with E-state index < -0.39 is 18.1 Å². The fraction of sp³-hybridized carbons (Fsp3) is 0.167. The molecule has 6 heteroatoms. The molecule has 0 fully saturated rings. The summed E-state index contributed by atoms with van der Waals surface area (Å²) < 4.78 is 1.55. The second-order valence-corrected chi connectivity index (χ2v) is 5.77. The van der Waals surface area contributed by atoms with Crippen LogP contribution in [0, 0.1) is 0 Å². The largest absolute Gasteiger partial charge is 0.390 e. The average molecular weight is 320 g/mol. The highest BCUT2D eigenvalue weighted by Gasteiger charge is 2.32. The molecule has 1 aliphatic rings. The highest BCUT2D eigenvalue weighted by atomic mass is 16.3. The van der Waals surface area contributed by atoms with Crippen LogP contribution in [0.25, 0.3) is 5.69 Å². The third-order valence-corrected chi connectivity index (χ3v) is 4.21. The first-order valence-corrected chi connectivity index (χ1v) is 7.76. The summed E-state index contributed by atoms with van der Waals surface area (Å²) in [5, 5.41) is 17.3. The first-order chi connectivity index (χ1) is 11.7. The van der Waals surface area contributed by atoms with Crippen LogP contribution in [0.15, 0.2) is 60.9 Å². The molecule has 0 bridgehead atoms. The van der Waals surface area contributed by atoms with Gasteiger partial charge < -0.3 is 10.4 Å². The maximum absolute atomic E-state index is 12.4. The normalized spacial score (nSPS) is 19.0. The highest BCUT2D eigenvalue weighted by Crippen LogP contribution is 2.31. The number of carbonyl (C=O) groups excluding carboxylic acids is 1. The Balaban J connectivity index is 1.54. The van der Waals surface area contributed by atoms with Crippen molar-refractivity contribution in [1.82, 2.24) is 20.1 Å². The van der Waals surface area contributed by atoms with Gasteiger partial charge in [-0.05, 0) is 23.3 Å². The Bertz CT molecular complexity index is 875. The number of nitrogens with zero attached hydrogens (tertiary/aromatic N) is 3. The molecule has 2 N–H and O–H groups in total. The molecule has 0 saturated carbocycles. The molecule has 0 aliphatic heterocycles. The van der Waals surface area contributed by atoms with E-state index in [9.17, 15) is 9.90 Å². The molecule has 2 aromatic carbocycles. The summed E-state index contributed by atoms with van der Waals surface area (Å²) in [6.45, 7) is 0. The van der Waals surface area contributed by atoms with Crippen LogP contribution in [0.1, 0.15) is 27.8 Å². The van der Waals surface area contributed by atoms with Gasteiger partial charge in [0.15, 0.2) is 0 Å². The lowest BCUT2D eigenvalue weighted by atomic mass is 10.1. The molecule has 3 aromatic rings. The van der Waals surface area contributed by atoms with Crippen molar-refractivity contribution < 1.29 is 9.90 Å². The average Bonchev–Trinajstić information content (AvgIpc) is 3.21. The van der Waals surface area contributed by atoms with Crippen molar-refractivity contribution in [2.75, 3.05) is 0 Å². The molecule has 1 aromatic heterocycles. The maximum Gasteiger partial charge on any atom is 0.291 e. The van der Waals surface area contributed by atoms with Crippen LogP contribution < -0.4 is 5.32 Å². The summed E-state index contributed by atoms with van der Waals surface area (Å²) >= 11 is 0. The molecule has 0 radical (unpaired) electrons. The van der Waals surface area contributed by atoms with Gasteiger partial charge in [-0.2, -0.15) is 0 Å². The van der Waals surface area contributed by atoms with Crippen LogP contribution in [0.5, 0.6) is 0 Å². The number of benzene rings is 2. The minimum absolute atomic E-state index is 0.0791. The van der Waals surface area contributed by atoms with E-state index in [0.717, 1.165) is 16.8 Å². The van der Waals surface area contributed by atoms with Crippen LogP contribution in [-0.2, 0) is 6.42 Å².